The Bertz CT molecular complexity index is 1080. The Morgan fingerprint density at radius 1 is 1.17 bits per heavy atom. The van der Waals surface area contributed by atoms with Gasteiger partial charge in [-0.15, -0.1) is 0 Å². The van der Waals surface area contributed by atoms with Gasteiger partial charge in [-0.25, -0.2) is 9.97 Å². The van der Waals surface area contributed by atoms with Crippen molar-refractivity contribution in [3.8, 4) is 5.88 Å². The van der Waals surface area contributed by atoms with Crippen molar-refractivity contribution in [1.82, 2.24) is 19.5 Å². The quantitative estimate of drug-likeness (QED) is 0.642. The Kier molecular flexibility index (Phi) is 5.51. The van der Waals surface area contributed by atoms with Crippen LogP contribution in [0.1, 0.15) is 55.0 Å². The van der Waals surface area contributed by atoms with Crippen LogP contribution in [-0.2, 0) is 6.54 Å². The van der Waals surface area contributed by atoms with Crippen molar-refractivity contribution in [2.24, 2.45) is 0 Å². The molecule has 0 radical (unpaired) electrons. The van der Waals surface area contributed by atoms with Gasteiger partial charge in [0.15, 0.2) is 0 Å². The minimum Gasteiger partial charge on any atom is -0.415 e. The first kappa shape index (κ1) is 19.4. The molecule has 0 aromatic carbocycles. The summed E-state index contributed by atoms with van der Waals surface area (Å²) >= 11 is 0. The number of ether oxygens (including phenoxy) is 1. The van der Waals surface area contributed by atoms with Crippen molar-refractivity contribution < 1.29 is 13.5 Å². The van der Waals surface area contributed by atoms with E-state index >= 15 is 0 Å². The van der Waals surface area contributed by atoms with Gasteiger partial charge < -0.3 is 4.74 Å². The second-order valence-electron chi connectivity index (χ2n) is 7.38. The first-order chi connectivity index (χ1) is 14.0. The number of fused-ring (bicyclic) bond motifs is 1. The molecule has 152 valence electrons. The molecule has 0 unspecified atom stereocenters. The average Bonchev–Trinajstić information content (AvgIpc) is 2.71. The lowest BCUT2D eigenvalue weighted by atomic mass is 9.84. The molecule has 0 amide bonds. The molecule has 4 rings (SSSR count). The Hall–Kier alpha value is -2.90. The van der Waals surface area contributed by atoms with Crippen molar-refractivity contribution in [3.05, 3.63) is 57.9 Å². The van der Waals surface area contributed by atoms with Crippen LogP contribution in [0.4, 0.5) is 8.78 Å². The standard InChI is InChI=1S/C21H22F2N4O2/c1-13-7-8-15-11-16(14-5-3-2-4-6-14)20(28)27(18(15)26-13)12-17-19(29-21(22)23)25-10-9-24-17/h7-11,14,21H,2-6,12H2,1H3. The van der Waals surface area contributed by atoms with Gasteiger partial charge in [-0.05, 0) is 43.9 Å². The topological polar surface area (TPSA) is 69.9 Å². The van der Waals surface area contributed by atoms with Crippen molar-refractivity contribution in [2.75, 3.05) is 0 Å². The predicted molar refractivity (Wildman–Crippen MR) is 104 cm³/mol. The van der Waals surface area contributed by atoms with E-state index in [1.54, 1.807) is 0 Å². The summed E-state index contributed by atoms with van der Waals surface area (Å²) in [7, 11) is 0. The maximum absolute atomic E-state index is 13.4. The Labute approximate surface area is 166 Å². The van der Waals surface area contributed by atoms with E-state index in [0.29, 0.717) is 5.65 Å². The van der Waals surface area contributed by atoms with Crippen LogP contribution in [0.25, 0.3) is 11.0 Å². The van der Waals surface area contributed by atoms with Crippen LogP contribution in [0.2, 0.25) is 0 Å². The average molecular weight is 400 g/mol. The van der Waals surface area contributed by atoms with E-state index in [9.17, 15) is 13.6 Å². The molecule has 1 saturated carbocycles. The third-order valence-electron chi connectivity index (χ3n) is 5.39. The monoisotopic (exact) mass is 400 g/mol. The predicted octanol–water partition coefficient (Wildman–Crippen LogP) is 4.19. The summed E-state index contributed by atoms with van der Waals surface area (Å²) < 4.78 is 31.5. The van der Waals surface area contributed by atoms with Gasteiger partial charge in [0.1, 0.15) is 11.3 Å². The summed E-state index contributed by atoms with van der Waals surface area (Å²) in [6, 6.07) is 5.77. The van der Waals surface area contributed by atoms with Crippen LogP contribution in [0.15, 0.2) is 35.4 Å². The highest BCUT2D eigenvalue weighted by molar-refractivity contribution is 5.76. The second kappa shape index (κ2) is 8.23. The fourth-order valence-electron chi connectivity index (χ4n) is 4.01. The number of aromatic nitrogens is 4. The minimum atomic E-state index is -3.02. The fourth-order valence-corrected chi connectivity index (χ4v) is 4.01. The van der Waals surface area contributed by atoms with E-state index in [4.69, 9.17) is 0 Å². The minimum absolute atomic E-state index is 0.0394. The highest BCUT2D eigenvalue weighted by Gasteiger charge is 2.22. The van der Waals surface area contributed by atoms with Crippen LogP contribution < -0.4 is 10.3 Å². The molecular formula is C21H22F2N4O2. The molecule has 1 fully saturated rings. The van der Waals surface area contributed by atoms with Crippen molar-refractivity contribution in [2.45, 2.75) is 58.1 Å². The molecule has 3 aromatic rings. The highest BCUT2D eigenvalue weighted by atomic mass is 19.3. The van der Waals surface area contributed by atoms with Crippen molar-refractivity contribution >= 4 is 11.0 Å². The summed E-state index contributed by atoms with van der Waals surface area (Å²) in [4.78, 5) is 25.9. The lowest BCUT2D eigenvalue weighted by molar-refractivity contribution is -0.0538. The molecule has 1 aliphatic rings. The number of alkyl halides is 2. The molecular weight excluding hydrogens is 378 g/mol. The van der Waals surface area contributed by atoms with Crippen LogP contribution in [0.3, 0.4) is 0 Å². The Morgan fingerprint density at radius 2 is 1.93 bits per heavy atom. The largest absolute Gasteiger partial charge is 0.415 e. The van der Waals surface area contributed by atoms with Crippen LogP contribution >= 0.6 is 0 Å². The van der Waals surface area contributed by atoms with Crippen LogP contribution in [-0.4, -0.2) is 26.1 Å². The number of halogens is 2. The number of aryl methyl sites for hydroxylation is 1. The molecule has 0 N–H and O–H groups in total. The molecule has 0 aliphatic heterocycles. The molecule has 0 saturated heterocycles. The molecule has 6 nitrogen and oxygen atoms in total. The van der Waals surface area contributed by atoms with E-state index in [2.05, 4.69) is 19.7 Å². The van der Waals surface area contributed by atoms with E-state index in [1.807, 2.05) is 25.1 Å². The maximum atomic E-state index is 13.4. The Balaban J connectivity index is 1.85. The van der Waals surface area contributed by atoms with Gasteiger partial charge in [-0.2, -0.15) is 8.78 Å². The first-order valence-corrected chi connectivity index (χ1v) is 9.78. The summed E-state index contributed by atoms with van der Waals surface area (Å²) in [5.74, 6) is -0.0786. The van der Waals surface area contributed by atoms with E-state index in [0.717, 1.165) is 42.3 Å². The van der Waals surface area contributed by atoms with Gasteiger partial charge in [-0.3, -0.25) is 14.3 Å². The first-order valence-electron chi connectivity index (χ1n) is 9.78. The number of nitrogens with zero attached hydrogens (tertiary/aromatic N) is 4. The van der Waals surface area contributed by atoms with Gasteiger partial charge in [0, 0.05) is 29.0 Å². The van der Waals surface area contributed by atoms with Crippen molar-refractivity contribution in [1.29, 1.82) is 0 Å². The van der Waals surface area contributed by atoms with Gasteiger partial charge in [0.05, 0.1) is 6.54 Å². The molecule has 0 spiro atoms. The SMILES string of the molecule is Cc1ccc2cc(C3CCCCC3)c(=O)n(Cc3nccnc3OC(F)F)c2n1. The summed E-state index contributed by atoms with van der Waals surface area (Å²) in [6.07, 6.45) is 8.02. The maximum Gasteiger partial charge on any atom is 0.388 e. The summed E-state index contributed by atoms with van der Waals surface area (Å²) in [6.45, 7) is -1.22. The third-order valence-corrected chi connectivity index (χ3v) is 5.39. The zero-order chi connectivity index (χ0) is 20.4. The molecule has 1 aliphatic carbocycles. The molecule has 0 atom stereocenters. The highest BCUT2D eigenvalue weighted by Crippen LogP contribution is 2.32. The molecule has 3 heterocycles. The lowest BCUT2D eigenvalue weighted by Crippen LogP contribution is -2.28. The fraction of sp³-hybridized carbons (Fsp3) is 0.429. The summed E-state index contributed by atoms with van der Waals surface area (Å²) in [5.41, 5.74) is 2.03. The zero-order valence-corrected chi connectivity index (χ0v) is 16.1. The van der Waals surface area contributed by atoms with E-state index < -0.39 is 6.61 Å². The lowest BCUT2D eigenvalue weighted by Gasteiger charge is -2.23. The van der Waals surface area contributed by atoms with Crippen LogP contribution in [0.5, 0.6) is 5.88 Å². The number of hydrogen-bond acceptors (Lipinski definition) is 5. The number of hydrogen-bond donors (Lipinski definition) is 0. The number of rotatable bonds is 5. The smallest absolute Gasteiger partial charge is 0.388 e. The van der Waals surface area contributed by atoms with E-state index in [-0.39, 0.29) is 29.6 Å². The van der Waals surface area contributed by atoms with Crippen LogP contribution in [0, 0.1) is 6.92 Å². The zero-order valence-electron chi connectivity index (χ0n) is 16.1. The summed E-state index contributed by atoms with van der Waals surface area (Å²) in [5, 5.41) is 0.844. The van der Waals surface area contributed by atoms with E-state index in [1.165, 1.54) is 23.4 Å². The number of pyridine rings is 2. The molecule has 3 aromatic heterocycles. The third kappa shape index (κ3) is 4.11. The second-order valence-corrected chi connectivity index (χ2v) is 7.38. The van der Waals surface area contributed by atoms with Gasteiger partial charge >= 0.3 is 6.61 Å². The molecule has 0 bridgehead atoms. The normalized spacial score (nSPS) is 15.2. The molecule has 8 heteroatoms. The van der Waals surface area contributed by atoms with Gasteiger partial charge in [0.25, 0.3) is 5.56 Å². The molecule has 29 heavy (non-hydrogen) atoms. The van der Waals surface area contributed by atoms with Gasteiger partial charge in [-0.1, -0.05) is 19.3 Å². The van der Waals surface area contributed by atoms with Gasteiger partial charge in [0.2, 0.25) is 5.88 Å². The van der Waals surface area contributed by atoms with Crippen molar-refractivity contribution in [3.63, 3.8) is 0 Å². The Morgan fingerprint density at radius 3 is 2.69 bits per heavy atom.